The molecule has 1 rings (SSSR count). The zero-order chi connectivity index (χ0) is 10.8. The fourth-order valence-electron chi connectivity index (χ4n) is 1.15. The van der Waals surface area contributed by atoms with Gasteiger partial charge >= 0.3 is 11.0 Å². The number of carbonyl (C=O) groups is 1. The van der Waals surface area contributed by atoms with Crippen molar-refractivity contribution in [3.8, 4) is 0 Å². The Hall–Kier alpha value is -1.36. The number of methoxy groups -OCH3 is 1. The molecule has 0 N–H and O–H groups in total. The Morgan fingerprint density at radius 2 is 2.29 bits per heavy atom. The third kappa shape index (κ3) is 1.63. The van der Waals surface area contributed by atoms with E-state index in [0.29, 0.717) is 0 Å². The van der Waals surface area contributed by atoms with E-state index in [4.69, 9.17) is 11.6 Å². The molecule has 0 aromatic rings. The molecule has 5 nitrogen and oxygen atoms in total. The minimum Gasteiger partial charge on any atom is -0.468 e. The van der Waals surface area contributed by atoms with E-state index < -0.39 is 21.8 Å². The normalized spacial score (nSPS) is 30.0. The van der Waals surface area contributed by atoms with Gasteiger partial charge < -0.3 is 4.74 Å². The molecule has 1 aliphatic carbocycles. The van der Waals surface area contributed by atoms with E-state index in [1.165, 1.54) is 18.2 Å². The largest absolute Gasteiger partial charge is 0.468 e. The molecule has 0 saturated heterocycles. The lowest BCUT2D eigenvalue weighted by Crippen LogP contribution is -2.43. The first kappa shape index (κ1) is 10.7. The lowest BCUT2D eigenvalue weighted by atomic mass is 9.95. The van der Waals surface area contributed by atoms with E-state index in [1.54, 1.807) is 0 Å². The molecule has 0 aromatic heterocycles. The van der Waals surface area contributed by atoms with Gasteiger partial charge in [0.1, 0.15) is 0 Å². The number of allylic oxidation sites excluding steroid dienone is 2. The van der Waals surface area contributed by atoms with Crippen molar-refractivity contribution >= 4 is 17.6 Å². The highest BCUT2D eigenvalue weighted by Crippen LogP contribution is 2.32. The van der Waals surface area contributed by atoms with Gasteiger partial charge in [0.25, 0.3) is 0 Å². The molecule has 76 valence electrons. The Kier molecular flexibility index (Phi) is 2.90. The molecule has 0 aliphatic heterocycles. The van der Waals surface area contributed by atoms with Crippen LogP contribution < -0.4 is 0 Å². The van der Waals surface area contributed by atoms with E-state index in [1.807, 2.05) is 0 Å². The number of nitrogens with zero attached hydrogens (tertiary/aromatic N) is 1. The van der Waals surface area contributed by atoms with Crippen LogP contribution in [0.1, 0.15) is 0 Å². The van der Waals surface area contributed by atoms with Crippen LogP contribution in [-0.2, 0) is 9.53 Å². The van der Waals surface area contributed by atoms with Gasteiger partial charge in [-0.1, -0.05) is 18.2 Å². The Balaban J connectivity index is 3.04. The number of hydrogen-bond acceptors (Lipinski definition) is 4. The molecule has 2 unspecified atom stereocenters. The van der Waals surface area contributed by atoms with Crippen molar-refractivity contribution in [3.63, 3.8) is 0 Å². The number of carbonyl (C=O) groups excluding carboxylic acids is 1. The topological polar surface area (TPSA) is 69.4 Å². The van der Waals surface area contributed by atoms with Crippen molar-refractivity contribution in [2.24, 2.45) is 5.92 Å². The first-order valence-electron chi connectivity index (χ1n) is 3.79. The summed E-state index contributed by atoms with van der Waals surface area (Å²) in [5, 5.41) is 10.7. The summed E-state index contributed by atoms with van der Waals surface area (Å²) in [6.45, 7) is 0. The summed E-state index contributed by atoms with van der Waals surface area (Å²) in [5.41, 5.74) is 0. The molecule has 0 heterocycles. The molecule has 0 aromatic carbocycles. The molecular weight excluding hydrogens is 210 g/mol. The average Bonchev–Trinajstić information content (AvgIpc) is 2.17. The van der Waals surface area contributed by atoms with Crippen molar-refractivity contribution in [3.05, 3.63) is 34.4 Å². The maximum Gasteiger partial charge on any atom is 0.330 e. The maximum atomic E-state index is 11.2. The molecule has 6 heteroatoms. The van der Waals surface area contributed by atoms with Crippen molar-refractivity contribution in [1.82, 2.24) is 0 Å². The van der Waals surface area contributed by atoms with Crippen LogP contribution in [0.25, 0.3) is 0 Å². The van der Waals surface area contributed by atoms with Gasteiger partial charge in [0.15, 0.2) is 5.92 Å². The van der Waals surface area contributed by atoms with E-state index in [9.17, 15) is 14.9 Å². The lowest BCUT2D eigenvalue weighted by molar-refractivity contribution is -0.533. The van der Waals surface area contributed by atoms with E-state index in [2.05, 4.69) is 4.74 Å². The Morgan fingerprint density at radius 3 is 2.79 bits per heavy atom. The van der Waals surface area contributed by atoms with Gasteiger partial charge in [-0.3, -0.25) is 14.9 Å². The summed E-state index contributed by atoms with van der Waals surface area (Å²) in [5.74, 6) is -1.81. The fraction of sp³-hybridized carbons (Fsp3) is 0.375. The molecule has 1 aliphatic rings. The summed E-state index contributed by atoms with van der Waals surface area (Å²) in [6, 6.07) is 0. The summed E-state index contributed by atoms with van der Waals surface area (Å²) in [4.78, 5) is 19.2. The van der Waals surface area contributed by atoms with Crippen LogP contribution in [0, 0.1) is 16.0 Å². The van der Waals surface area contributed by atoms with Crippen LogP contribution in [0.3, 0.4) is 0 Å². The lowest BCUT2D eigenvalue weighted by Gasteiger charge is -2.22. The molecule has 2 atom stereocenters. The number of ether oxygens (including phenoxy) is 1. The zero-order valence-electron chi connectivity index (χ0n) is 7.34. The van der Waals surface area contributed by atoms with E-state index in [-0.39, 0.29) is 0 Å². The number of alkyl halides is 1. The highest BCUT2D eigenvalue weighted by molar-refractivity contribution is 6.25. The molecule has 0 fully saturated rings. The highest BCUT2D eigenvalue weighted by atomic mass is 35.5. The Bertz CT molecular complexity index is 325. The third-order valence-corrected chi connectivity index (χ3v) is 2.41. The summed E-state index contributed by atoms with van der Waals surface area (Å²) in [6.07, 6.45) is 5.46. The second kappa shape index (κ2) is 3.79. The van der Waals surface area contributed by atoms with Gasteiger partial charge in [0.2, 0.25) is 0 Å². The zero-order valence-corrected chi connectivity index (χ0v) is 8.10. The molecule has 0 radical (unpaired) electrons. The molecule has 0 bridgehead atoms. The number of hydrogen-bond donors (Lipinski definition) is 0. The van der Waals surface area contributed by atoms with Gasteiger partial charge in [0.05, 0.1) is 7.11 Å². The summed E-state index contributed by atoms with van der Waals surface area (Å²) >= 11 is 5.71. The minimum absolute atomic E-state index is 0.712. The minimum atomic E-state index is -1.93. The fourth-order valence-corrected chi connectivity index (χ4v) is 1.38. The molecule has 0 saturated carbocycles. The second-order valence-corrected chi connectivity index (χ2v) is 3.34. The van der Waals surface area contributed by atoms with Crippen LogP contribution >= 0.6 is 11.6 Å². The maximum absolute atomic E-state index is 11.2. The smallest absolute Gasteiger partial charge is 0.330 e. The van der Waals surface area contributed by atoms with E-state index >= 15 is 0 Å². The monoisotopic (exact) mass is 217 g/mol. The van der Waals surface area contributed by atoms with Gasteiger partial charge in [-0.25, -0.2) is 0 Å². The molecule has 14 heavy (non-hydrogen) atoms. The molecular formula is C8H8ClNO4. The van der Waals surface area contributed by atoms with Crippen molar-refractivity contribution < 1.29 is 14.5 Å². The number of esters is 1. The van der Waals surface area contributed by atoms with Crippen LogP contribution in [0.2, 0.25) is 0 Å². The van der Waals surface area contributed by atoms with Crippen LogP contribution in [0.4, 0.5) is 0 Å². The molecule has 0 amide bonds. The Labute approximate surface area is 85.1 Å². The van der Waals surface area contributed by atoms with Crippen LogP contribution in [-0.4, -0.2) is 23.0 Å². The van der Waals surface area contributed by atoms with Crippen LogP contribution in [0.15, 0.2) is 24.3 Å². The van der Waals surface area contributed by atoms with Crippen molar-refractivity contribution in [1.29, 1.82) is 0 Å². The first-order chi connectivity index (χ1) is 6.52. The first-order valence-corrected chi connectivity index (χ1v) is 4.17. The van der Waals surface area contributed by atoms with Gasteiger partial charge in [0, 0.05) is 11.0 Å². The van der Waals surface area contributed by atoms with Gasteiger partial charge in [-0.15, -0.1) is 0 Å². The van der Waals surface area contributed by atoms with E-state index in [0.717, 1.165) is 13.2 Å². The Morgan fingerprint density at radius 1 is 1.64 bits per heavy atom. The van der Waals surface area contributed by atoms with Crippen molar-refractivity contribution in [2.45, 2.75) is 5.00 Å². The SMILES string of the molecule is COC(=O)C1C=CC=CC1(Cl)[N+](=O)[O-]. The number of rotatable bonds is 2. The summed E-state index contributed by atoms with van der Waals surface area (Å²) in [7, 11) is 1.16. The predicted molar refractivity (Wildman–Crippen MR) is 49.4 cm³/mol. The van der Waals surface area contributed by atoms with Gasteiger partial charge in [-0.05, 0) is 11.6 Å². The van der Waals surface area contributed by atoms with Crippen molar-refractivity contribution in [2.75, 3.05) is 7.11 Å². The standard InChI is InChI=1S/C8H8ClNO4/c1-14-7(11)6-4-2-3-5-8(6,9)10(12)13/h2-6H,1H3. The van der Waals surface area contributed by atoms with Gasteiger partial charge in [-0.2, -0.15) is 0 Å². The third-order valence-electron chi connectivity index (χ3n) is 1.92. The summed E-state index contributed by atoms with van der Waals surface area (Å²) < 4.78 is 4.42. The van der Waals surface area contributed by atoms with Crippen LogP contribution in [0.5, 0.6) is 0 Å². The average molecular weight is 218 g/mol. The second-order valence-electron chi connectivity index (χ2n) is 2.73. The number of nitro groups is 1. The molecule has 0 spiro atoms. The predicted octanol–water partition coefficient (Wildman–Crippen LogP) is 1.11. The quantitative estimate of drug-likeness (QED) is 0.228. The highest BCUT2D eigenvalue weighted by Gasteiger charge is 2.51. The number of halogens is 1.